The second kappa shape index (κ2) is 11.3. The maximum absolute atomic E-state index is 13.0. The van der Waals surface area contributed by atoms with E-state index in [1.54, 1.807) is 24.0 Å². The molecule has 2 rings (SSSR count). The minimum absolute atomic E-state index is 0.0716. The molecule has 0 aliphatic heterocycles. The van der Waals surface area contributed by atoms with Gasteiger partial charge in [0.05, 0.1) is 5.75 Å². The molecule has 0 aliphatic rings. The van der Waals surface area contributed by atoms with Crippen LogP contribution in [0.5, 0.6) is 0 Å². The molecule has 0 saturated heterocycles. The van der Waals surface area contributed by atoms with Crippen LogP contribution in [0.25, 0.3) is 0 Å². The first-order chi connectivity index (χ1) is 13.8. The van der Waals surface area contributed by atoms with E-state index in [0.717, 1.165) is 10.5 Å². The van der Waals surface area contributed by atoms with Crippen molar-refractivity contribution in [1.29, 1.82) is 0 Å². The van der Waals surface area contributed by atoms with E-state index in [-0.39, 0.29) is 17.6 Å². The van der Waals surface area contributed by atoms with Crippen molar-refractivity contribution >= 4 is 35.2 Å². The third kappa shape index (κ3) is 7.75. The summed E-state index contributed by atoms with van der Waals surface area (Å²) in [7, 11) is 0. The van der Waals surface area contributed by atoms with Crippen molar-refractivity contribution in [3.8, 4) is 0 Å². The zero-order chi connectivity index (χ0) is 21.4. The topological polar surface area (TPSA) is 49.4 Å². The molecule has 0 spiro atoms. The summed E-state index contributed by atoms with van der Waals surface area (Å²) in [5, 5.41) is 3.57. The molecule has 2 aromatic rings. The Kier molecular flexibility index (Phi) is 9.05. The third-order valence-corrected chi connectivity index (χ3v) is 5.75. The summed E-state index contributed by atoms with van der Waals surface area (Å²) in [6.07, 6.45) is 0. The molecular formula is C23H29ClN2O2S. The fourth-order valence-electron chi connectivity index (χ4n) is 2.68. The molecular weight excluding hydrogens is 404 g/mol. The van der Waals surface area contributed by atoms with Crippen LogP contribution in [-0.2, 0) is 16.1 Å². The average molecular weight is 433 g/mol. The van der Waals surface area contributed by atoms with Crippen LogP contribution in [0.2, 0.25) is 5.02 Å². The lowest BCUT2D eigenvalue weighted by Crippen LogP contribution is -2.48. The first-order valence-corrected chi connectivity index (χ1v) is 11.1. The first-order valence-electron chi connectivity index (χ1n) is 9.77. The smallest absolute Gasteiger partial charge is 0.242 e. The van der Waals surface area contributed by atoms with Crippen molar-refractivity contribution in [2.24, 2.45) is 5.92 Å². The van der Waals surface area contributed by atoms with Crippen molar-refractivity contribution in [2.45, 2.75) is 45.2 Å². The lowest BCUT2D eigenvalue weighted by Gasteiger charge is -2.29. The van der Waals surface area contributed by atoms with Crippen LogP contribution in [0.4, 0.5) is 0 Å². The molecule has 1 N–H and O–H groups in total. The fraction of sp³-hybridized carbons (Fsp3) is 0.391. The van der Waals surface area contributed by atoms with Crippen molar-refractivity contribution < 1.29 is 9.59 Å². The Labute approximate surface area is 183 Å². The molecule has 0 fully saturated rings. The molecule has 0 unspecified atom stereocenters. The number of halogens is 1. The Morgan fingerprint density at radius 1 is 1.03 bits per heavy atom. The zero-order valence-electron chi connectivity index (χ0n) is 17.4. The molecule has 0 saturated carbocycles. The van der Waals surface area contributed by atoms with Gasteiger partial charge in [-0.05, 0) is 49.6 Å². The van der Waals surface area contributed by atoms with Gasteiger partial charge in [0.1, 0.15) is 6.04 Å². The standard InChI is InChI=1S/C23H29ClN2O2S/c1-16(2)13-25-23(28)18(4)26(14-19-7-9-20(24)10-8-19)22(27)15-29-21-11-5-17(3)6-12-21/h5-12,16,18H,13-15H2,1-4H3,(H,25,28)/t18-/m0/s1. The van der Waals surface area contributed by atoms with E-state index in [1.807, 2.05) is 57.2 Å². The van der Waals surface area contributed by atoms with Gasteiger partial charge in [-0.15, -0.1) is 11.8 Å². The summed E-state index contributed by atoms with van der Waals surface area (Å²) in [6, 6.07) is 14.9. The molecule has 156 valence electrons. The highest BCUT2D eigenvalue weighted by molar-refractivity contribution is 8.00. The third-order valence-electron chi connectivity index (χ3n) is 4.50. The summed E-state index contributed by atoms with van der Waals surface area (Å²) in [5.74, 6) is 0.418. The summed E-state index contributed by atoms with van der Waals surface area (Å²) >= 11 is 7.46. The van der Waals surface area contributed by atoms with Gasteiger partial charge in [0.2, 0.25) is 11.8 Å². The van der Waals surface area contributed by atoms with Crippen molar-refractivity contribution in [2.75, 3.05) is 12.3 Å². The molecule has 29 heavy (non-hydrogen) atoms. The zero-order valence-corrected chi connectivity index (χ0v) is 19.0. The first kappa shape index (κ1) is 23.3. The van der Waals surface area contributed by atoms with Gasteiger partial charge in [0, 0.05) is 23.0 Å². The highest BCUT2D eigenvalue weighted by atomic mass is 35.5. The summed E-state index contributed by atoms with van der Waals surface area (Å²) in [5.41, 5.74) is 2.12. The minimum atomic E-state index is -0.560. The van der Waals surface area contributed by atoms with Gasteiger partial charge in [-0.2, -0.15) is 0 Å². The van der Waals surface area contributed by atoms with Crippen LogP contribution in [0, 0.1) is 12.8 Å². The Bertz CT molecular complexity index is 807. The van der Waals surface area contributed by atoms with Crippen LogP contribution in [0.1, 0.15) is 31.9 Å². The van der Waals surface area contributed by atoms with Crippen molar-refractivity contribution in [3.63, 3.8) is 0 Å². The molecule has 2 aromatic carbocycles. The fourth-order valence-corrected chi connectivity index (χ4v) is 3.59. The number of amides is 2. The second-order valence-electron chi connectivity index (χ2n) is 7.56. The Morgan fingerprint density at radius 3 is 2.24 bits per heavy atom. The second-order valence-corrected chi connectivity index (χ2v) is 9.05. The number of nitrogens with zero attached hydrogens (tertiary/aromatic N) is 1. The highest BCUT2D eigenvalue weighted by Crippen LogP contribution is 2.20. The maximum Gasteiger partial charge on any atom is 0.242 e. The number of carbonyl (C=O) groups excluding carboxylic acids is 2. The quantitative estimate of drug-likeness (QED) is 0.571. The summed E-state index contributed by atoms with van der Waals surface area (Å²) in [4.78, 5) is 28.3. The molecule has 2 amide bonds. The van der Waals surface area contributed by atoms with Crippen molar-refractivity contribution in [3.05, 3.63) is 64.7 Å². The predicted octanol–water partition coefficient (Wildman–Crippen LogP) is 4.93. The van der Waals surface area contributed by atoms with E-state index in [9.17, 15) is 9.59 Å². The SMILES string of the molecule is Cc1ccc(SCC(=O)N(Cc2ccc(Cl)cc2)[C@@H](C)C(=O)NCC(C)C)cc1. The van der Waals surface area contributed by atoms with Crippen LogP contribution in [0.3, 0.4) is 0 Å². The molecule has 1 atom stereocenters. The number of thioether (sulfide) groups is 1. The summed E-state index contributed by atoms with van der Waals surface area (Å²) in [6.45, 7) is 8.84. The van der Waals surface area contributed by atoms with E-state index in [2.05, 4.69) is 5.32 Å². The number of hydrogen-bond acceptors (Lipinski definition) is 3. The molecule has 0 aromatic heterocycles. The minimum Gasteiger partial charge on any atom is -0.354 e. The van der Waals surface area contributed by atoms with E-state index in [1.165, 1.54) is 17.3 Å². The van der Waals surface area contributed by atoms with Crippen LogP contribution in [-0.4, -0.2) is 35.1 Å². The molecule has 6 heteroatoms. The summed E-state index contributed by atoms with van der Waals surface area (Å²) < 4.78 is 0. The Balaban J connectivity index is 2.10. The van der Waals surface area contributed by atoms with E-state index >= 15 is 0 Å². The number of carbonyl (C=O) groups is 2. The van der Waals surface area contributed by atoms with Gasteiger partial charge in [0.25, 0.3) is 0 Å². The van der Waals surface area contributed by atoms with E-state index in [4.69, 9.17) is 11.6 Å². The molecule has 4 nitrogen and oxygen atoms in total. The van der Waals surface area contributed by atoms with Gasteiger partial charge < -0.3 is 10.2 Å². The van der Waals surface area contributed by atoms with Gasteiger partial charge >= 0.3 is 0 Å². The number of aryl methyl sites for hydroxylation is 1. The van der Waals surface area contributed by atoms with Gasteiger partial charge in [0.15, 0.2) is 0 Å². The van der Waals surface area contributed by atoms with Crippen molar-refractivity contribution in [1.82, 2.24) is 10.2 Å². The number of rotatable bonds is 9. The number of nitrogens with one attached hydrogen (secondary N) is 1. The molecule has 0 heterocycles. The predicted molar refractivity (Wildman–Crippen MR) is 121 cm³/mol. The van der Waals surface area contributed by atoms with Gasteiger partial charge in [-0.3, -0.25) is 9.59 Å². The Hall–Kier alpha value is -1.98. The molecule has 0 aliphatic carbocycles. The number of benzene rings is 2. The maximum atomic E-state index is 13.0. The van der Waals surface area contributed by atoms with Crippen LogP contribution < -0.4 is 5.32 Å². The molecule has 0 radical (unpaired) electrons. The number of hydrogen-bond donors (Lipinski definition) is 1. The monoisotopic (exact) mass is 432 g/mol. The molecule has 0 bridgehead atoms. The van der Waals surface area contributed by atoms with Gasteiger partial charge in [-0.1, -0.05) is 55.3 Å². The lowest BCUT2D eigenvalue weighted by molar-refractivity contribution is -0.138. The highest BCUT2D eigenvalue weighted by Gasteiger charge is 2.26. The van der Waals surface area contributed by atoms with E-state index < -0.39 is 6.04 Å². The van der Waals surface area contributed by atoms with Gasteiger partial charge in [-0.25, -0.2) is 0 Å². The largest absolute Gasteiger partial charge is 0.354 e. The lowest BCUT2D eigenvalue weighted by atomic mass is 10.1. The van der Waals surface area contributed by atoms with Crippen LogP contribution >= 0.6 is 23.4 Å². The normalized spacial score (nSPS) is 11.9. The van der Waals surface area contributed by atoms with E-state index in [0.29, 0.717) is 24.0 Å². The Morgan fingerprint density at radius 2 is 1.66 bits per heavy atom. The van der Waals surface area contributed by atoms with Crippen LogP contribution in [0.15, 0.2) is 53.4 Å². The average Bonchev–Trinajstić information content (AvgIpc) is 2.70.